The van der Waals surface area contributed by atoms with E-state index in [1.165, 1.54) is 23.3 Å². The van der Waals surface area contributed by atoms with Crippen molar-refractivity contribution in [3.63, 3.8) is 0 Å². The molecular weight excluding hydrogens is 365 g/mol. The second-order valence-corrected chi connectivity index (χ2v) is 6.80. The topological polar surface area (TPSA) is 39.7 Å². The van der Waals surface area contributed by atoms with Crippen molar-refractivity contribution in [3.8, 4) is 0 Å². The van der Waals surface area contributed by atoms with E-state index < -0.39 is 11.7 Å². The third-order valence-electron chi connectivity index (χ3n) is 4.26. The molecule has 0 aromatic heterocycles. The average Bonchev–Trinajstić information content (AvgIpc) is 2.65. The molecule has 0 aliphatic carbocycles. The van der Waals surface area contributed by atoms with E-state index in [1.807, 2.05) is 26.2 Å². The minimum Gasteiger partial charge on any atom is -0.356 e. The largest absolute Gasteiger partial charge is 0.416 e. The van der Waals surface area contributed by atoms with Crippen LogP contribution in [-0.4, -0.2) is 38.5 Å². The number of aliphatic imine (C=N–C) groups is 1. The van der Waals surface area contributed by atoms with E-state index in [2.05, 4.69) is 32.7 Å². The molecule has 0 atom stereocenters. The van der Waals surface area contributed by atoms with Gasteiger partial charge in [-0.3, -0.25) is 4.99 Å². The summed E-state index contributed by atoms with van der Waals surface area (Å²) in [6.07, 6.45) is -3.69. The van der Waals surface area contributed by atoms with Crippen LogP contribution in [0.25, 0.3) is 0 Å². The first-order valence-corrected chi connectivity index (χ1v) is 9.11. The maximum Gasteiger partial charge on any atom is 0.416 e. The molecule has 0 fully saturated rings. The summed E-state index contributed by atoms with van der Waals surface area (Å²) in [6.45, 7) is 2.08. The van der Waals surface area contributed by atoms with Gasteiger partial charge in [-0.15, -0.1) is 0 Å². The first-order chi connectivity index (χ1) is 13.3. The van der Waals surface area contributed by atoms with Crippen LogP contribution in [0.5, 0.6) is 0 Å². The molecule has 0 saturated carbocycles. The zero-order valence-electron chi connectivity index (χ0n) is 16.5. The molecule has 0 radical (unpaired) electrons. The van der Waals surface area contributed by atoms with Crippen LogP contribution >= 0.6 is 0 Å². The first-order valence-electron chi connectivity index (χ1n) is 9.11. The molecule has 2 aromatic carbocycles. The minimum atomic E-state index is -4.30. The van der Waals surface area contributed by atoms with Crippen LogP contribution in [0.4, 0.5) is 13.2 Å². The zero-order chi connectivity index (χ0) is 20.6. The Hall–Kier alpha value is -2.54. The number of nitrogens with zero attached hydrogens (tertiary/aromatic N) is 2. The fourth-order valence-corrected chi connectivity index (χ4v) is 2.81. The lowest BCUT2D eigenvalue weighted by Crippen LogP contribution is -2.38. The van der Waals surface area contributed by atoms with E-state index in [1.54, 1.807) is 7.05 Å². The van der Waals surface area contributed by atoms with Crippen molar-refractivity contribution in [3.05, 3.63) is 70.8 Å². The molecular formula is C21H27F3N4. The van der Waals surface area contributed by atoms with Gasteiger partial charge in [0.2, 0.25) is 0 Å². The highest BCUT2D eigenvalue weighted by Crippen LogP contribution is 2.29. The third kappa shape index (κ3) is 6.88. The number of halogens is 3. The third-order valence-corrected chi connectivity index (χ3v) is 4.26. The van der Waals surface area contributed by atoms with Gasteiger partial charge in [0.1, 0.15) is 0 Å². The number of alkyl halides is 3. The summed E-state index contributed by atoms with van der Waals surface area (Å²) in [5, 5.41) is 6.49. The highest BCUT2D eigenvalue weighted by molar-refractivity contribution is 5.79. The quantitative estimate of drug-likeness (QED) is 0.558. The highest BCUT2D eigenvalue weighted by atomic mass is 19.4. The van der Waals surface area contributed by atoms with Gasteiger partial charge < -0.3 is 15.5 Å². The Balaban J connectivity index is 1.84. The number of hydrogen-bond donors (Lipinski definition) is 2. The molecule has 0 unspecified atom stereocenters. The molecule has 0 aliphatic rings. The molecule has 0 bridgehead atoms. The fraction of sp³-hybridized carbons (Fsp3) is 0.381. The van der Waals surface area contributed by atoms with Gasteiger partial charge in [-0.1, -0.05) is 36.4 Å². The second kappa shape index (κ2) is 10.1. The van der Waals surface area contributed by atoms with Gasteiger partial charge in [0.15, 0.2) is 5.96 Å². The predicted molar refractivity (Wildman–Crippen MR) is 107 cm³/mol. The van der Waals surface area contributed by atoms with Crippen LogP contribution in [0, 0.1) is 0 Å². The van der Waals surface area contributed by atoms with Crippen molar-refractivity contribution in [2.24, 2.45) is 4.99 Å². The van der Waals surface area contributed by atoms with Crippen molar-refractivity contribution >= 4 is 5.96 Å². The van der Waals surface area contributed by atoms with Crippen LogP contribution in [0.15, 0.2) is 53.5 Å². The second-order valence-electron chi connectivity index (χ2n) is 6.80. The SMILES string of the molecule is CN=C(NCCc1ccc(C(F)(F)F)cc1)NCc1ccccc1CN(C)C. The van der Waals surface area contributed by atoms with Gasteiger partial charge in [0.05, 0.1) is 5.56 Å². The number of nitrogens with one attached hydrogen (secondary N) is 2. The minimum absolute atomic E-state index is 0.574. The molecule has 0 aliphatic heterocycles. The van der Waals surface area contributed by atoms with Crippen LogP contribution in [-0.2, 0) is 25.7 Å². The standard InChI is InChI=1S/C21H27F3N4/c1-25-20(27-14-17-6-4-5-7-18(17)15-28(2)3)26-13-12-16-8-10-19(11-9-16)21(22,23)24/h4-11H,12-15H2,1-3H3,(H2,25,26,27). The predicted octanol–water partition coefficient (Wildman–Crippen LogP) is 3.67. The van der Waals surface area contributed by atoms with Crippen molar-refractivity contribution in [1.29, 1.82) is 0 Å². The normalized spacial score (nSPS) is 12.3. The van der Waals surface area contributed by atoms with E-state index in [0.717, 1.165) is 24.2 Å². The van der Waals surface area contributed by atoms with Crippen molar-refractivity contribution < 1.29 is 13.2 Å². The molecule has 0 heterocycles. The Morgan fingerprint density at radius 1 is 0.964 bits per heavy atom. The lowest BCUT2D eigenvalue weighted by molar-refractivity contribution is -0.137. The lowest BCUT2D eigenvalue weighted by atomic mass is 10.1. The van der Waals surface area contributed by atoms with Crippen LogP contribution < -0.4 is 10.6 Å². The Kier molecular flexibility index (Phi) is 7.87. The molecule has 28 heavy (non-hydrogen) atoms. The van der Waals surface area contributed by atoms with Gasteiger partial charge in [-0.25, -0.2) is 0 Å². The molecule has 0 saturated heterocycles. The molecule has 2 aromatic rings. The van der Waals surface area contributed by atoms with E-state index >= 15 is 0 Å². The summed E-state index contributed by atoms with van der Waals surface area (Å²) in [4.78, 5) is 6.33. The van der Waals surface area contributed by atoms with Crippen LogP contribution in [0.3, 0.4) is 0 Å². The van der Waals surface area contributed by atoms with Gasteiger partial charge in [0, 0.05) is 26.7 Å². The van der Waals surface area contributed by atoms with Crippen LogP contribution in [0.1, 0.15) is 22.3 Å². The van der Waals surface area contributed by atoms with Gasteiger partial charge in [-0.05, 0) is 49.3 Å². The summed E-state index contributed by atoms with van der Waals surface area (Å²) < 4.78 is 37.8. The van der Waals surface area contributed by atoms with Crippen molar-refractivity contribution in [2.75, 3.05) is 27.7 Å². The zero-order valence-corrected chi connectivity index (χ0v) is 16.5. The number of guanidine groups is 1. The lowest BCUT2D eigenvalue weighted by Gasteiger charge is -2.16. The Morgan fingerprint density at radius 2 is 1.61 bits per heavy atom. The van der Waals surface area contributed by atoms with E-state index in [4.69, 9.17) is 0 Å². The molecule has 152 valence electrons. The molecule has 7 heteroatoms. The van der Waals surface area contributed by atoms with Gasteiger partial charge in [0.25, 0.3) is 0 Å². The number of hydrogen-bond acceptors (Lipinski definition) is 2. The molecule has 0 amide bonds. The number of benzene rings is 2. The van der Waals surface area contributed by atoms with Gasteiger partial charge in [-0.2, -0.15) is 13.2 Å². The monoisotopic (exact) mass is 392 g/mol. The average molecular weight is 392 g/mol. The Bertz CT molecular complexity index is 768. The number of rotatable bonds is 7. The first kappa shape index (κ1) is 21.8. The van der Waals surface area contributed by atoms with E-state index in [9.17, 15) is 13.2 Å². The van der Waals surface area contributed by atoms with Crippen molar-refractivity contribution in [1.82, 2.24) is 15.5 Å². The van der Waals surface area contributed by atoms with Crippen LogP contribution in [0.2, 0.25) is 0 Å². The van der Waals surface area contributed by atoms with Crippen molar-refractivity contribution in [2.45, 2.75) is 25.7 Å². The van der Waals surface area contributed by atoms with Gasteiger partial charge >= 0.3 is 6.18 Å². The molecule has 2 N–H and O–H groups in total. The molecule has 2 rings (SSSR count). The Morgan fingerprint density at radius 3 is 2.18 bits per heavy atom. The summed E-state index contributed by atoms with van der Waals surface area (Å²) >= 11 is 0. The summed E-state index contributed by atoms with van der Waals surface area (Å²) in [7, 11) is 5.76. The van der Waals surface area contributed by atoms with E-state index in [0.29, 0.717) is 25.5 Å². The summed E-state index contributed by atoms with van der Waals surface area (Å²) in [6, 6.07) is 13.5. The smallest absolute Gasteiger partial charge is 0.356 e. The maximum atomic E-state index is 12.6. The Labute approximate surface area is 164 Å². The molecule has 4 nitrogen and oxygen atoms in total. The summed E-state index contributed by atoms with van der Waals surface area (Å²) in [5.74, 6) is 0.659. The fourth-order valence-electron chi connectivity index (χ4n) is 2.81. The van der Waals surface area contributed by atoms with E-state index in [-0.39, 0.29) is 0 Å². The maximum absolute atomic E-state index is 12.6. The molecule has 0 spiro atoms. The summed E-state index contributed by atoms with van der Waals surface area (Å²) in [5.41, 5.74) is 2.66. The highest BCUT2D eigenvalue weighted by Gasteiger charge is 2.29.